The summed E-state index contributed by atoms with van der Waals surface area (Å²) in [5, 5.41) is 4.07. The van der Waals surface area contributed by atoms with Gasteiger partial charge in [0, 0.05) is 68.0 Å². The highest BCUT2D eigenvalue weighted by Gasteiger charge is 2.23. The summed E-state index contributed by atoms with van der Waals surface area (Å²) in [6.07, 6.45) is 3.27. The standard InChI is InChI=1S/C26H29FN4O/c1-18-3-8-24-23(17-18)25(20-4-6-21(27)7-5-20)19(2)31(24)22-9-12-29(13-10-22)15-16-30-14-11-28-26(30)32/h3-9,17H,10-16H2,1-2H3,(H,28,32). The predicted octanol–water partition coefficient (Wildman–Crippen LogP) is 4.64. The van der Waals surface area contributed by atoms with E-state index in [0.717, 1.165) is 51.3 Å². The maximum absolute atomic E-state index is 13.6. The van der Waals surface area contributed by atoms with E-state index in [4.69, 9.17) is 0 Å². The summed E-state index contributed by atoms with van der Waals surface area (Å²) in [6, 6.07) is 13.4. The zero-order valence-corrected chi connectivity index (χ0v) is 18.7. The van der Waals surface area contributed by atoms with Crippen LogP contribution in [0.4, 0.5) is 9.18 Å². The Balaban J connectivity index is 1.44. The Kier molecular flexibility index (Phi) is 5.47. The van der Waals surface area contributed by atoms with Gasteiger partial charge in [-0.25, -0.2) is 9.18 Å². The lowest BCUT2D eigenvalue weighted by Crippen LogP contribution is -2.38. The highest BCUT2D eigenvalue weighted by Crippen LogP contribution is 2.38. The molecule has 0 unspecified atom stereocenters. The van der Waals surface area contributed by atoms with Crippen molar-refractivity contribution in [3.05, 3.63) is 65.6 Å². The molecule has 5 nitrogen and oxygen atoms in total. The van der Waals surface area contributed by atoms with Crippen LogP contribution in [-0.4, -0.2) is 59.7 Å². The van der Waals surface area contributed by atoms with Crippen LogP contribution < -0.4 is 5.32 Å². The number of halogens is 1. The summed E-state index contributed by atoms with van der Waals surface area (Å²) < 4.78 is 15.9. The van der Waals surface area contributed by atoms with Gasteiger partial charge in [-0.2, -0.15) is 0 Å². The second-order valence-corrected chi connectivity index (χ2v) is 8.79. The Morgan fingerprint density at radius 3 is 2.53 bits per heavy atom. The van der Waals surface area contributed by atoms with Gasteiger partial charge in [-0.1, -0.05) is 29.8 Å². The van der Waals surface area contributed by atoms with Crippen LogP contribution in [0.1, 0.15) is 17.7 Å². The van der Waals surface area contributed by atoms with Gasteiger partial charge >= 0.3 is 6.03 Å². The summed E-state index contributed by atoms with van der Waals surface area (Å²) in [4.78, 5) is 16.1. The molecular formula is C26H29FN4O. The molecule has 3 heterocycles. The molecule has 2 aliphatic heterocycles. The first kappa shape index (κ1) is 20.8. The molecule has 0 spiro atoms. The van der Waals surface area contributed by atoms with Crippen molar-refractivity contribution >= 4 is 22.6 Å². The molecule has 2 aliphatic rings. The van der Waals surface area contributed by atoms with E-state index in [-0.39, 0.29) is 11.8 Å². The quantitative estimate of drug-likeness (QED) is 0.638. The minimum atomic E-state index is -0.215. The van der Waals surface area contributed by atoms with Gasteiger partial charge < -0.3 is 14.8 Å². The number of hydrogen-bond donors (Lipinski definition) is 1. The third kappa shape index (κ3) is 3.79. The maximum atomic E-state index is 13.6. The summed E-state index contributed by atoms with van der Waals surface area (Å²) in [6.45, 7) is 9.33. The molecule has 1 aromatic heterocycles. The summed E-state index contributed by atoms with van der Waals surface area (Å²) >= 11 is 0. The van der Waals surface area contributed by atoms with Crippen LogP contribution in [0.15, 0.2) is 48.5 Å². The van der Waals surface area contributed by atoms with E-state index < -0.39 is 0 Å². The van der Waals surface area contributed by atoms with Crippen LogP contribution >= 0.6 is 0 Å². The van der Waals surface area contributed by atoms with Crippen molar-refractivity contribution in [2.24, 2.45) is 0 Å². The second kappa shape index (κ2) is 8.43. The molecule has 0 radical (unpaired) electrons. The van der Waals surface area contributed by atoms with Crippen LogP contribution in [0.25, 0.3) is 27.7 Å². The molecule has 166 valence electrons. The summed E-state index contributed by atoms with van der Waals surface area (Å²) in [7, 11) is 0. The number of amides is 2. The average molecular weight is 433 g/mol. The monoisotopic (exact) mass is 432 g/mol. The van der Waals surface area contributed by atoms with Crippen molar-refractivity contribution in [1.29, 1.82) is 0 Å². The van der Waals surface area contributed by atoms with E-state index in [1.54, 1.807) is 0 Å². The van der Waals surface area contributed by atoms with Crippen molar-refractivity contribution in [3.63, 3.8) is 0 Å². The molecule has 5 rings (SSSR count). The van der Waals surface area contributed by atoms with E-state index in [2.05, 4.69) is 52.9 Å². The normalized spacial score (nSPS) is 17.2. The molecule has 1 N–H and O–H groups in total. The highest BCUT2D eigenvalue weighted by molar-refractivity contribution is 6.00. The molecule has 1 saturated heterocycles. The van der Waals surface area contributed by atoms with Gasteiger partial charge in [0.05, 0.1) is 5.52 Å². The fourth-order valence-electron chi connectivity index (χ4n) is 4.98. The minimum absolute atomic E-state index is 0.0521. The molecule has 2 aromatic carbocycles. The maximum Gasteiger partial charge on any atom is 0.317 e. The first-order valence-corrected chi connectivity index (χ1v) is 11.3. The van der Waals surface area contributed by atoms with Gasteiger partial charge in [-0.05, 0) is 43.7 Å². The summed E-state index contributed by atoms with van der Waals surface area (Å²) in [5.74, 6) is -0.215. The van der Waals surface area contributed by atoms with Crippen molar-refractivity contribution in [1.82, 2.24) is 19.7 Å². The third-order valence-corrected chi connectivity index (χ3v) is 6.68. The first-order chi connectivity index (χ1) is 15.5. The van der Waals surface area contributed by atoms with Crippen molar-refractivity contribution < 1.29 is 9.18 Å². The topological polar surface area (TPSA) is 40.5 Å². The Morgan fingerprint density at radius 1 is 1.03 bits per heavy atom. The summed E-state index contributed by atoms with van der Waals surface area (Å²) in [5.41, 5.74) is 7.12. The first-order valence-electron chi connectivity index (χ1n) is 11.3. The van der Waals surface area contributed by atoms with Crippen molar-refractivity contribution in [3.8, 4) is 11.1 Å². The van der Waals surface area contributed by atoms with Gasteiger partial charge in [0.25, 0.3) is 0 Å². The largest absolute Gasteiger partial charge is 0.336 e. The van der Waals surface area contributed by atoms with Crippen molar-refractivity contribution in [2.75, 3.05) is 39.3 Å². The van der Waals surface area contributed by atoms with Crippen LogP contribution in [-0.2, 0) is 0 Å². The van der Waals surface area contributed by atoms with Crippen LogP contribution in [0.2, 0.25) is 0 Å². The SMILES string of the molecule is Cc1ccc2c(c1)c(-c1ccc(F)cc1)c(C)n2C1=CCN(CCN2CCNC2=O)CC1. The number of carbonyl (C=O) groups excluding carboxylic acids is 1. The lowest BCUT2D eigenvalue weighted by atomic mass is 10.0. The smallest absolute Gasteiger partial charge is 0.317 e. The lowest BCUT2D eigenvalue weighted by molar-refractivity contribution is 0.204. The van der Waals surface area contributed by atoms with E-state index in [1.807, 2.05) is 17.0 Å². The number of fused-ring (bicyclic) bond motifs is 1. The number of rotatable bonds is 5. The number of nitrogens with zero attached hydrogens (tertiary/aromatic N) is 3. The Bertz CT molecular complexity index is 1190. The van der Waals surface area contributed by atoms with Crippen LogP contribution in [0.5, 0.6) is 0 Å². The number of hydrogen-bond acceptors (Lipinski definition) is 2. The number of aryl methyl sites for hydroxylation is 1. The molecule has 32 heavy (non-hydrogen) atoms. The average Bonchev–Trinajstić information content (AvgIpc) is 3.33. The van der Waals surface area contributed by atoms with Crippen molar-refractivity contribution in [2.45, 2.75) is 20.3 Å². The zero-order chi connectivity index (χ0) is 22.2. The van der Waals surface area contributed by atoms with Crippen LogP contribution in [0, 0.1) is 19.7 Å². The number of benzene rings is 2. The van der Waals surface area contributed by atoms with E-state index >= 15 is 0 Å². The predicted molar refractivity (Wildman–Crippen MR) is 127 cm³/mol. The second-order valence-electron chi connectivity index (χ2n) is 8.79. The number of nitrogens with one attached hydrogen (secondary N) is 1. The number of aromatic nitrogens is 1. The van der Waals surface area contributed by atoms with Gasteiger partial charge in [0.1, 0.15) is 5.82 Å². The van der Waals surface area contributed by atoms with E-state index in [1.165, 1.54) is 45.6 Å². The van der Waals surface area contributed by atoms with Gasteiger partial charge in [-0.3, -0.25) is 4.90 Å². The van der Waals surface area contributed by atoms with Crippen LogP contribution in [0.3, 0.4) is 0 Å². The molecule has 2 amide bonds. The van der Waals surface area contributed by atoms with E-state index in [9.17, 15) is 9.18 Å². The molecule has 1 fully saturated rings. The Labute approximate surface area is 188 Å². The lowest BCUT2D eigenvalue weighted by Gasteiger charge is -2.29. The number of carbonyl (C=O) groups is 1. The van der Waals surface area contributed by atoms with Gasteiger partial charge in [0.2, 0.25) is 0 Å². The molecular weight excluding hydrogens is 403 g/mol. The number of urea groups is 1. The zero-order valence-electron chi connectivity index (χ0n) is 18.7. The minimum Gasteiger partial charge on any atom is -0.336 e. The molecule has 0 bridgehead atoms. The molecule has 3 aromatic rings. The molecule has 0 aliphatic carbocycles. The fraction of sp³-hybridized carbons (Fsp3) is 0.346. The highest BCUT2D eigenvalue weighted by atomic mass is 19.1. The van der Waals surface area contributed by atoms with E-state index in [0.29, 0.717) is 0 Å². The third-order valence-electron chi connectivity index (χ3n) is 6.68. The molecule has 0 atom stereocenters. The molecule has 6 heteroatoms. The fourth-order valence-corrected chi connectivity index (χ4v) is 4.98. The Hall–Kier alpha value is -3.12. The molecule has 0 saturated carbocycles. The van der Waals surface area contributed by atoms with Gasteiger partial charge in [-0.15, -0.1) is 0 Å². The van der Waals surface area contributed by atoms with Gasteiger partial charge in [0.15, 0.2) is 0 Å². The Morgan fingerprint density at radius 2 is 1.84 bits per heavy atom.